The van der Waals surface area contributed by atoms with Crippen molar-refractivity contribution in [2.24, 2.45) is 0 Å². The number of hydrogen-bond acceptors (Lipinski definition) is 2. The molecule has 0 fully saturated rings. The number of fused-ring (bicyclic) bond motifs is 1. The largest absolute Gasteiger partial charge is 0.361 e. The Morgan fingerprint density at radius 1 is 0.933 bits per heavy atom. The minimum absolute atomic E-state index is 0.755. The molecule has 0 aliphatic heterocycles. The van der Waals surface area contributed by atoms with Crippen LogP contribution in [-0.4, -0.2) is 15.0 Å². The zero-order chi connectivity index (χ0) is 10.1. The minimum atomic E-state index is 0.755. The molecule has 0 radical (unpaired) electrons. The zero-order valence-corrected chi connectivity index (χ0v) is 8.01. The Hall–Kier alpha value is -2.16. The molecule has 0 bridgehead atoms. The van der Waals surface area contributed by atoms with Crippen molar-refractivity contribution < 1.29 is 0 Å². The highest BCUT2D eigenvalue weighted by atomic mass is 14.9. The van der Waals surface area contributed by atoms with Crippen molar-refractivity contribution in [2.45, 2.75) is 0 Å². The van der Waals surface area contributed by atoms with Crippen molar-refractivity contribution >= 4 is 10.9 Å². The molecule has 0 aliphatic carbocycles. The van der Waals surface area contributed by atoms with E-state index in [0.29, 0.717) is 0 Å². The molecular formula is C12H9N3. The molecule has 0 saturated heterocycles. The predicted octanol–water partition coefficient (Wildman–Crippen LogP) is 2.62. The molecule has 15 heavy (non-hydrogen) atoms. The van der Waals surface area contributed by atoms with Gasteiger partial charge in [-0.15, -0.1) is 0 Å². The van der Waals surface area contributed by atoms with E-state index < -0.39 is 0 Å². The Kier molecular flexibility index (Phi) is 1.75. The van der Waals surface area contributed by atoms with Gasteiger partial charge in [0, 0.05) is 29.5 Å². The number of rotatable bonds is 1. The first-order valence-electron chi connectivity index (χ1n) is 4.78. The maximum atomic E-state index is 4.25. The normalized spacial score (nSPS) is 10.7. The summed E-state index contributed by atoms with van der Waals surface area (Å²) in [4.78, 5) is 11.7. The second-order valence-corrected chi connectivity index (χ2v) is 3.32. The number of aromatic nitrogens is 3. The van der Waals surface area contributed by atoms with Gasteiger partial charge in [0.1, 0.15) is 0 Å². The first kappa shape index (κ1) is 8.17. The van der Waals surface area contributed by atoms with Crippen LogP contribution in [0.25, 0.3) is 22.3 Å². The molecule has 3 heteroatoms. The van der Waals surface area contributed by atoms with Crippen molar-refractivity contribution in [1.29, 1.82) is 0 Å². The van der Waals surface area contributed by atoms with Gasteiger partial charge in [0.25, 0.3) is 0 Å². The van der Waals surface area contributed by atoms with E-state index in [0.717, 1.165) is 16.9 Å². The standard InChI is InChI=1S/C12H9N3/c1-3-9-5-8-13-11(9)10(4-1)12-14-6-2-7-15-12/h1-8,13H. The number of aromatic amines is 1. The van der Waals surface area contributed by atoms with E-state index in [1.807, 2.05) is 30.5 Å². The van der Waals surface area contributed by atoms with Crippen LogP contribution in [0.1, 0.15) is 0 Å². The van der Waals surface area contributed by atoms with Crippen LogP contribution in [-0.2, 0) is 0 Å². The van der Waals surface area contributed by atoms with E-state index in [1.165, 1.54) is 5.39 Å². The van der Waals surface area contributed by atoms with E-state index in [-0.39, 0.29) is 0 Å². The molecule has 0 spiro atoms. The number of hydrogen-bond donors (Lipinski definition) is 1. The maximum Gasteiger partial charge on any atom is 0.161 e. The smallest absolute Gasteiger partial charge is 0.161 e. The van der Waals surface area contributed by atoms with Crippen LogP contribution in [0, 0.1) is 0 Å². The van der Waals surface area contributed by atoms with Gasteiger partial charge in [-0.2, -0.15) is 0 Å². The molecular weight excluding hydrogens is 186 g/mol. The predicted molar refractivity (Wildman–Crippen MR) is 59.3 cm³/mol. The quantitative estimate of drug-likeness (QED) is 0.648. The molecule has 72 valence electrons. The summed E-state index contributed by atoms with van der Waals surface area (Å²) in [5, 5.41) is 1.18. The van der Waals surface area contributed by atoms with Crippen LogP contribution in [0.3, 0.4) is 0 Å². The number of H-pyrrole nitrogens is 1. The Morgan fingerprint density at radius 2 is 1.80 bits per heavy atom. The van der Waals surface area contributed by atoms with Crippen molar-refractivity contribution in [1.82, 2.24) is 15.0 Å². The highest BCUT2D eigenvalue weighted by Gasteiger charge is 2.05. The van der Waals surface area contributed by atoms with Gasteiger partial charge in [-0.05, 0) is 18.2 Å². The lowest BCUT2D eigenvalue weighted by molar-refractivity contribution is 1.18. The second kappa shape index (κ2) is 3.20. The fraction of sp³-hybridized carbons (Fsp3) is 0. The highest BCUT2D eigenvalue weighted by Crippen LogP contribution is 2.23. The van der Waals surface area contributed by atoms with Crippen molar-refractivity contribution in [3.63, 3.8) is 0 Å². The Labute approximate surface area is 86.8 Å². The molecule has 2 aromatic heterocycles. The van der Waals surface area contributed by atoms with Crippen molar-refractivity contribution in [2.75, 3.05) is 0 Å². The number of para-hydroxylation sites is 1. The summed E-state index contributed by atoms with van der Waals surface area (Å²) in [6.07, 6.45) is 5.44. The topological polar surface area (TPSA) is 41.6 Å². The monoisotopic (exact) mass is 195 g/mol. The van der Waals surface area contributed by atoms with E-state index in [2.05, 4.69) is 21.0 Å². The third-order valence-corrected chi connectivity index (χ3v) is 2.39. The van der Waals surface area contributed by atoms with Gasteiger partial charge in [-0.1, -0.05) is 12.1 Å². The average Bonchev–Trinajstić information content (AvgIpc) is 2.78. The van der Waals surface area contributed by atoms with E-state index >= 15 is 0 Å². The van der Waals surface area contributed by atoms with E-state index in [9.17, 15) is 0 Å². The lowest BCUT2D eigenvalue weighted by Crippen LogP contribution is -1.87. The summed E-state index contributed by atoms with van der Waals surface area (Å²) in [5.41, 5.74) is 2.13. The van der Waals surface area contributed by atoms with Crippen molar-refractivity contribution in [3.05, 3.63) is 48.9 Å². The highest BCUT2D eigenvalue weighted by molar-refractivity contribution is 5.92. The summed E-state index contributed by atoms with van der Waals surface area (Å²) in [6.45, 7) is 0. The number of nitrogens with one attached hydrogen (secondary N) is 1. The van der Waals surface area contributed by atoms with Gasteiger partial charge < -0.3 is 4.98 Å². The molecule has 0 aliphatic rings. The van der Waals surface area contributed by atoms with Crippen LogP contribution in [0.2, 0.25) is 0 Å². The summed E-state index contributed by atoms with van der Waals surface area (Å²) in [5.74, 6) is 0.755. The fourth-order valence-corrected chi connectivity index (χ4v) is 1.71. The average molecular weight is 195 g/mol. The zero-order valence-electron chi connectivity index (χ0n) is 8.01. The molecule has 3 aromatic rings. The van der Waals surface area contributed by atoms with Gasteiger partial charge >= 0.3 is 0 Å². The third-order valence-electron chi connectivity index (χ3n) is 2.39. The summed E-state index contributed by atoms with van der Waals surface area (Å²) < 4.78 is 0. The van der Waals surface area contributed by atoms with Gasteiger partial charge in [0.15, 0.2) is 5.82 Å². The third kappa shape index (κ3) is 1.29. The molecule has 3 rings (SSSR count). The Bertz CT molecular complexity index is 584. The summed E-state index contributed by atoms with van der Waals surface area (Å²) in [7, 11) is 0. The molecule has 0 saturated carbocycles. The molecule has 3 nitrogen and oxygen atoms in total. The molecule has 0 unspecified atom stereocenters. The van der Waals surface area contributed by atoms with Crippen LogP contribution in [0.15, 0.2) is 48.9 Å². The van der Waals surface area contributed by atoms with Crippen LogP contribution in [0.4, 0.5) is 0 Å². The Morgan fingerprint density at radius 3 is 2.67 bits per heavy atom. The van der Waals surface area contributed by atoms with Crippen LogP contribution < -0.4 is 0 Å². The lowest BCUT2D eigenvalue weighted by atomic mass is 10.1. The van der Waals surface area contributed by atoms with Gasteiger partial charge in [0.05, 0.1) is 5.52 Å². The maximum absolute atomic E-state index is 4.25. The Balaban J connectivity index is 2.31. The molecule has 2 heterocycles. The summed E-state index contributed by atoms with van der Waals surface area (Å²) in [6, 6.07) is 9.97. The summed E-state index contributed by atoms with van der Waals surface area (Å²) >= 11 is 0. The minimum Gasteiger partial charge on any atom is -0.361 e. The fourth-order valence-electron chi connectivity index (χ4n) is 1.71. The first-order valence-corrected chi connectivity index (χ1v) is 4.78. The van der Waals surface area contributed by atoms with Gasteiger partial charge in [0.2, 0.25) is 0 Å². The number of benzene rings is 1. The van der Waals surface area contributed by atoms with E-state index in [4.69, 9.17) is 0 Å². The van der Waals surface area contributed by atoms with Crippen LogP contribution in [0.5, 0.6) is 0 Å². The second-order valence-electron chi connectivity index (χ2n) is 3.32. The van der Waals surface area contributed by atoms with Gasteiger partial charge in [-0.25, -0.2) is 9.97 Å². The first-order chi connectivity index (χ1) is 7.45. The van der Waals surface area contributed by atoms with Crippen LogP contribution >= 0.6 is 0 Å². The number of nitrogens with zero attached hydrogens (tertiary/aromatic N) is 2. The van der Waals surface area contributed by atoms with Crippen molar-refractivity contribution in [3.8, 4) is 11.4 Å². The molecule has 0 amide bonds. The lowest BCUT2D eigenvalue weighted by Gasteiger charge is -2.00. The van der Waals surface area contributed by atoms with Gasteiger partial charge in [-0.3, -0.25) is 0 Å². The molecule has 0 atom stereocenters. The molecule has 1 N–H and O–H groups in total. The van der Waals surface area contributed by atoms with E-state index in [1.54, 1.807) is 12.4 Å². The molecule has 1 aromatic carbocycles. The SMILES string of the molecule is c1cnc(-c2cccc3cc[nH]c23)nc1.